The Morgan fingerprint density at radius 1 is 0.829 bits per heavy atom. The maximum Gasteiger partial charge on any atom is 0.272 e. The van der Waals surface area contributed by atoms with E-state index in [4.69, 9.17) is 0 Å². The van der Waals surface area contributed by atoms with Gasteiger partial charge in [0.15, 0.2) is 0 Å². The molecule has 4 aromatic rings. The monoisotopic (exact) mass is 567 g/mol. The van der Waals surface area contributed by atoms with Crippen molar-refractivity contribution in [1.29, 1.82) is 0 Å². The predicted octanol–water partition coefficient (Wildman–Crippen LogP) is 7.05. The third kappa shape index (κ3) is 8.65. The number of aryl methyl sites for hydroxylation is 1. The van der Waals surface area contributed by atoms with Crippen LogP contribution in [-0.4, -0.2) is 23.0 Å². The van der Waals surface area contributed by atoms with E-state index in [1.54, 1.807) is 48.5 Å². The van der Waals surface area contributed by atoms with Crippen LogP contribution in [0.25, 0.3) is 6.08 Å². The van der Waals surface area contributed by atoms with Gasteiger partial charge in [0.2, 0.25) is 5.91 Å². The summed E-state index contributed by atoms with van der Waals surface area (Å²) in [7, 11) is 0. The number of benzene rings is 4. The molecular weight excluding hydrogens is 537 g/mol. The lowest BCUT2D eigenvalue weighted by Crippen LogP contribution is -2.30. The van der Waals surface area contributed by atoms with E-state index in [9.17, 15) is 18.8 Å². The summed E-state index contributed by atoms with van der Waals surface area (Å²) in [5, 5.41) is 8.02. The molecule has 4 rings (SSSR count). The molecule has 0 saturated heterocycles. The number of rotatable bonds is 10. The van der Waals surface area contributed by atoms with Gasteiger partial charge in [-0.3, -0.25) is 14.4 Å². The summed E-state index contributed by atoms with van der Waals surface area (Å²) in [4.78, 5) is 39.9. The van der Waals surface area contributed by atoms with Crippen LogP contribution >= 0.6 is 11.8 Å². The molecule has 0 spiro atoms. The highest BCUT2D eigenvalue weighted by Gasteiger charge is 2.19. The first kappa shape index (κ1) is 29.3. The summed E-state index contributed by atoms with van der Waals surface area (Å²) < 4.78 is 13.2. The van der Waals surface area contributed by atoms with Crippen molar-refractivity contribution in [3.8, 4) is 0 Å². The van der Waals surface area contributed by atoms with Crippen molar-refractivity contribution in [3.05, 3.63) is 131 Å². The van der Waals surface area contributed by atoms with Gasteiger partial charge in [-0.05, 0) is 79.6 Å². The number of hydrogen-bond donors (Lipinski definition) is 3. The Kier molecular flexibility index (Phi) is 10.1. The van der Waals surface area contributed by atoms with Crippen LogP contribution in [-0.2, 0) is 9.59 Å². The Hall–Kier alpha value is -4.69. The fraction of sp³-hybridized carbons (Fsp3) is 0.121. The summed E-state index contributed by atoms with van der Waals surface area (Å²) >= 11 is 1.36. The first-order valence-corrected chi connectivity index (χ1v) is 14.0. The summed E-state index contributed by atoms with van der Waals surface area (Å²) in [6, 6.07) is 29.0. The molecule has 0 aliphatic heterocycles. The average Bonchev–Trinajstić information content (AvgIpc) is 2.98. The number of amides is 3. The van der Waals surface area contributed by atoms with Crippen molar-refractivity contribution in [2.45, 2.75) is 30.4 Å². The SMILES string of the molecule is CCC(Sc1cccc(NC(=O)/C(=C/c2ccc(C)cc2)NC(=O)c2ccccc2)c1)C(=O)Nc1ccc(F)cc1. The second-order valence-electron chi connectivity index (χ2n) is 9.28. The highest BCUT2D eigenvalue weighted by Crippen LogP contribution is 2.29. The molecule has 0 aromatic heterocycles. The van der Waals surface area contributed by atoms with E-state index in [0.29, 0.717) is 23.4 Å². The molecule has 41 heavy (non-hydrogen) atoms. The summed E-state index contributed by atoms with van der Waals surface area (Å²) in [5.41, 5.74) is 3.38. The van der Waals surface area contributed by atoms with Crippen molar-refractivity contribution < 1.29 is 18.8 Å². The zero-order valence-corrected chi connectivity index (χ0v) is 23.5. The second-order valence-corrected chi connectivity index (χ2v) is 10.6. The standard InChI is InChI=1S/C33H30FN3O3S/c1-3-30(33(40)35-26-18-16-25(34)17-19-26)41-28-11-7-10-27(21-28)36-32(39)29(20-23-14-12-22(2)13-15-23)37-31(38)24-8-5-4-6-9-24/h4-21,30H,3H2,1-2H3,(H,35,40)(H,36,39)(H,37,38)/b29-20-. The minimum absolute atomic E-state index is 0.0888. The Labute approximate surface area is 243 Å². The van der Waals surface area contributed by atoms with Gasteiger partial charge in [-0.1, -0.05) is 61.0 Å². The smallest absolute Gasteiger partial charge is 0.272 e. The highest BCUT2D eigenvalue weighted by molar-refractivity contribution is 8.00. The van der Waals surface area contributed by atoms with E-state index in [-0.39, 0.29) is 17.4 Å². The van der Waals surface area contributed by atoms with Crippen LogP contribution in [0, 0.1) is 12.7 Å². The van der Waals surface area contributed by atoms with E-state index in [1.165, 1.54) is 36.0 Å². The lowest BCUT2D eigenvalue weighted by molar-refractivity contribution is -0.116. The Morgan fingerprint density at radius 3 is 2.22 bits per heavy atom. The molecule has 0 aliphatic carbocycles. The first-order valence-electron chi connectivity index (χ1n) is 13.1. The molecule has 4 aromatic carbocycles. The molecular formula is C33H30FN3O3S. The molecule has 0 heterocycles. The van der Waals surface area contributed by atoms with Crippen molar-refractivity contribution in [3.63, 3.8) is 0 Å². The quantitative estimate of drug-likeness (QED) is 0.142. The summed E-state index contributed by atoms with van der Waals surface area (Å²) in [6.07, 6.45) is 2.18. The number of thioether (sulfide) groups is 1. The molecule has 1 atom stereocenters. The maximum atomic E-state index is 13.4. The highest BCUT2D eigenvalue weighted by atomic mass is 32.2. The average molecular weight is 568 g/mol. The van der Waals surface area contributed by atoms with Gasteiger partial charge in [-0.2, -0.15) is 0 Å². The van der Waals surface area contributed by atoms with Gasteiger partial charge in [-0.25, -0.2) is 4.39 Å². The van der Waals surface area contributed by atoms with E-state index in [1.807, 2.05) is 50.2 Å². The second kappa shape index (κ2) is 14.1. The number of carbonyl (C=O) groups excluding carboxylic acids is 3. The Bertz CT molecular complexity index is 1540. The van der Waals surface area contributed by atoms with E-state index in [0.717, 1.165) is 16.0 Å². The van der Waals surface area contributed by atoms with Gasteiger partial charge in [0.05, 0.1) is 5.25 Å². The molecule has 0 radical (unpaired) electrons. The number of anilines is 2. The number of carbonyl (C=O) groups is 3. The third-order valence-electron chi connectivity index (χ3n) is 6.06. The summed E-state index contributed by atoms with van der Waals surface area (Å²) in [6.45, 7) is 3.88. The van der Waals surface area contributed by atoms with E-state index in [2.05, 4.69) is 16.0 Å². The van der Waals surface area contributed by atoms with Gasteiger partial charge < -0.3 is 16.0 Å². The Morgan fingerprint density at radius 2 is 1.54 bits per heavy atom. The van der Waals surface area contributed by atoms with Crippen LogP contribution in [0.1, 0.15) is 34.8 Å². The molecule has 6 nitrogen and oxygen atoms in total. The molecule has 3 N–H and O–H groups in total. The van der Waals surface area contributed by atoms with Gasteiger partial charge in [0, 0.05) is 21.8 Å². The Balaban J connectivity index is 1.49. The van der Waals surface area contributed by atoms with Gasteiger partial charge in [0.1, 0.15) is 11.5 Å². The van der Waals surface area contributed by atoms with Crippen LogP contribution < -0.4 is 16.0 Å². The van der Waals surface area contributed by atoms with E-state index >= 15 is 0 Å². The van der Waals surface area contributed by atoms with Crippen molar-refractivity contribution in [2.75, 3.05) is 10.6 Å². The van der Waals surface area contributed by atoms with Crippen LogP contribution in [0.4, 0.5) is 15.8 Å². The number of hydrogen-bond acceptors (Lipinski definition) is 4. The van der Waals surface area contributed by atoms with Crippen LogP contribution in [0.3, 0.4) is 0 Å². The minimum atomic E-state index is -0.488. The third-order valence-corrected chi connectivity index (χ3v) is 7.42. The van der Waals surface area contributed by atoms with Crippen molar-refractivity contribution >= 4 is 46.9 Å². The molecule has 1 unspecified atom stereocenters. The summed E-state index contributed by atoms with van der Waals surface area (Å²) in [5.74, 6) is -1.47. The molecule has 8 heteroatoms. The van der Waals surface area contributed by atoms with Crippen LogP contribution in [0.5, 0.6) is 0 Å². The van der Waals surface area contributed by atoms with Crippen molar-refractivity contribution in [1.82, 2.24) is 5.32 Å². The predicted molar refractivity (Wildman–Crippen MR) is 163 cm³/mol. The molecule has 0 bridgehead atoms. The van der Waals surface area contributed by atoms with Crippen LogP contribution in [0.2, 0.25) is 0 Å². The number of nitrogens with one attached hydrogen (secondary N) is 3. The van der Waals surface area contributed by atoms with Gasteiger partial charge >= 0.3 is 0 Å². The molecule has 0 aliphatic rings. The van der Waals surface area contributed by atoms with Gasteiger partial charge in [0.25, 0.3) is 11.8 Å². The fourth-order valence-corrected chi connectivity index (χ4v) is 4.87. The number of halogens is 1. The lowest BCUT2D eigenvalue weighted by Gasteiger charge is -2.16. The van der Waals surface area contributed by atoms with Crippen LogP contribution in [0.15, 0.2) is 114 Å². The maximum absolute atomic E-state index is 13.4. The molecule has 3 amide bonds. The lowest BCUT2D eigenvalue weighted by atomic mass is 10.1. The molecule has 0 saturated carbocycles. The van der Waals surface area contributed by atoms with Crippen molar-refractivity contribution in [2.24, 2.45) is 0 Å². The minimum Gasteiger partial charge on any atom is -0.325 e. The largest absolute Gasteiger partial charge is 0.325 e. The van der Waals surface area contributed by atoms with Gasteiger partial charge in [-0.15, -0.1) is 11.8 Å². The fourth-order valence-electron chi connectivity index (χ4n) is 3.86. The zero-order valence-electron chi connectivity index (χ0n) is 22.7. The topological polar surface area (TPSA) is 87.3 Å². The zero-order chi connectivity index (χ0) is 29.2. The normalized spacial score (nSPS) is 11.8. The molecule has 208 valence electrons. The molecule has 0 fully saturated rings. The first-order chi connectivity index (χ1) is 19.8. The van der Waals surface area contributed by atoms with E-state index < -0.39 is 17.1 Å².